The fraction of sp³-hybridized carbons (Fsp3) is 0.333. The van der Waals surface area contributed by atoms with Crippen molar-refractivity contribution < 1.29 is 14.3 Å². The zero-order chi connectivity index (χ0) is 13.5. The number of hydrogen-bond acceptors (Lipinski definition) is 6. The van der Waals surface area contributed by atoms with Gasteiger partial charge in [-0.15, -0.1) is 0 Å². The van der Waals surface area contributed by atoms with E-state index < -0.39 is 0 Å². The summed E-state index contributed by atoms with van der Waals surface area (Å²) >= 11 is 6.15. The second-order valence-electron chi connectivity index (χ2n) is 3.61. The number of nitrogens with zero attached hydrogens (tertiary/aromatic N) is 1. The predicted octanol–water partition coefficient (Wildman–Crippen LogP) is 2.32. The van der Waals surface area contributed by atoms with Gasteiger partial charge in [-0.25, -0.2) is 0 Å². The highest BCUT2D eigenvalue weighted by Gasteiger charge is 2.06. The lowest BCUT2D eigenvalue weighted by atomic mass is 10.3. The SMILES string of the molecule is COC(=O)CSC(=S)Oc1ccc(N(C)C)cc1. The summed E-state index contributed by atoms with van der Waals surface area (Å²) in [5.74, 6) is 0.488. The fourth-order valence-electron chi connectivity index (χ4n) is 1.11. The molecule has 0 aliphatic carbocycles. The molecule has 0 heterocycles. The number of methoxy groups -OCH3 is 1. The summed E-state index contributed by atoms with van der Waals surface area (Å²) in [5, 5.41) is 0. The van der Waals surface area contributed by atoms with Gasteiger partial charge in [0.1, 0.15) is 5.75 Å². The molecule has 0 saturated carbocycles. The van der Waals surface area contributed by atoms with Crippen molar-refractivity contribution in [1.82, 2.24) is 0 Å². The molecule has 0 unspecified atom stereocenters. The van der Waals surface area contributed by atoms with E-state index in [1.54, 1.807) is 0 Å². The van der Waals surface area contributed by atoms with Crippen molar-refractivity contribution in [2.75, 3.05) is 31.9 Å². The highest BCUT2D eigenvalue weighted by Crippen LogP contribution is 2.19. The predicted molar refractivity (Wildman–Crippen MR) is 78.5 cm³/mol. The average Bonchev–Trinajstić information content (AvgIpc) is 2.36. The van der Waals surface area contributed by atoms with Crippen LogP contribution in [0.15, 0.2) is 24.3 Å². The van der Waals surface area contributed by atoms with Crippen molar-refractivity contribution in [3.8, 4) is 5.75 Å². The minimum Gasteiger partial charge on any atom is -0.468 e. The minimum absolute atomic E-state index is 0.158. The van der Waals surface area contributed by atoms with Crippen molar-refractivity contribution in [3.63, 3.8) is 0 Å². The number of thioether (sulfide) groups is 1. The van der Waals surface area contributed by atoms with Gasteiger partial charge in [0.2, 0.25) is 4.38 Å². The normalized spacial score (nSPS) is 9.72. The first kappa shape index (κ1) is 14.8. The summed E-state index contributed by atoms with van der Waals surface area (Å²) in [6.45, 7) is 0. The van der Waals surface area contributed by atoms with E-state index >= 15 is 0 Å². The summed E-state index contributed by atoms with van der Waals surface area (Å²) in [4.78, 5) is 12.9. The molecule has 1 aromatic rings. The highest BCUT2D eigenvalue weighted by atomic mass is 32.2. The van der Waals surface area contributed by atoms with Crippen molar-refractivity contribution >= 4 is 40.0 Å². The highest BCUT2D eigenvalue weighted by molar-refractivity contribution is 8.23. The third-order valence-electron chi connectivity index (χ3n) is 2.09. The number of thiocarbonyl (C=S) groups is 1. The molecule has 18 heavy (non-hydrogen) atoms. The Hall–Kier alpha value is -1.27. The first-order chi connectivity index (χ1) is 8.52. The minimum atomic E-state index is -0.325. The number of benzene rings is 1. The van der Waals surface area contributed by atoms with Gasteiger partial charge >= 0.3 is 5.97 Å². The van der Waals surface area contributed by atoms with E-state index in [1.165, 1.54) is 7.11 Å². The molecule has 0 fully saturated rings. The molecule has 0 bridgehead atoms. The molecule has 0 aliphatic rings. The Balaban J connectivity index is 2.47. The maximum atomic E-state index is 10.9. The van der Waals surface area contributed by atoms with E-state index in [0.29, 0.717) is 10.1 Å². The first-order valence-corrected chi connectivity index (χ1v) is 6.61. The van der Waals surface area contributed by atoms with Crippen LogP contribution in [-0.2, 0) is 9.53 Å². The lowest BCUT2D eigenvalue weighted by molar-refractivity contribution is -0.137. The van der Waals surface area contributed by atoms with Crippen LogP contribution < -0.4 is 9.64 Å². The summed E-state index contributed by atoms with van der Waals surface area (Å²) in [6.07, 6.45) is 0. The van der Waals surface area contributed by atoms with Crippen LogP contribution in [0, 0.1) is 0 Å². The third-order valence-corrected chi connectivity index (χ3v) is 3.23. The van der Waals surface area contributed by atoms with E-state index in [-0.39, 0.29) is 11.7 Å². The summed E-state index contributed by atoms with van der Waals surface area (Å²) in [7, 11) is 5.27. The molecular formula is C12H15NO3S2. The van der Waals surface area contributed by atoms with Gasteiger partial charge in [0.05, 0.1) is 12.9 Å². The van der Waals surface area contributed by atoms with Crippen LogP contribution in [0.1, 0.15) is 0 Å². The van der Waals surface area contributed by atoms with Crippen LogP contribution in [0.25, 0.3) is 0 Å². The Morgan fingerprint density at radius 1 is 1.33 bits per heavy atom. The Bertz CT molecular complexity index is 418. The van der Waals surface area contributed by atoms with Gasteiger partial charge < -0.3 is 14.4 Å². The van der Waals surface area contributed by atoms with Gasteiger partial charge in [-0.2, -0.15) is 0 Å². The number of anilines is 1. The lowest BCUT2D eigenvalue weighted by Gasteiger charge is -2.12. The largest absolute Gasteiger partial charge is 0.468 e. The molecular weight excluding hydrogens is 270 g/mol. The standard InChI is InChI=1S/C12H15NO3S2/c1-13(2)9-4-6-10(7-5-9)16-12(17)18-8-11(14)15-3/h4-7H,8H2,1-3H3. The van der Waals surface area contributed by atoms with Gasteiger partial charge in [-0.1, -0.05) is 11.8 Å². The summed E-state index contributed by atoms with van der Waals surface area (Å²) < 4.78 is 10.2. The average molecular weight is 285 g/mol. The third kappa shape index (κ3) is 4.93. The molecule has 0 spiro atoms. The summed E-state index contributed by atoms with van der Waals surface area (Å²) in [6, 6.07) is 7.53. The second kappa shape index (κ2) is 7.23. The van der Waals surface area contributed by atoms with Crippen LogP contribution in [0.2, 0.25) is 0 Å². The van der Waals surface area contributed by atoms with E-state index in [4.69, 9.17) is 17.0 Å². The molecule has 98 valence electrons. The van der Waals surface area contributed by atoms with Crippen LogP contribution in [0.4, 0.5) is 5.69 Å². The van der Waals surface area contributed by atoms with Crippen LogP contribution in [-0.4, -0.2) is 37.3 Å². The molecule has 0 atom stereocenters. The zero-order valence-corrected chi connectivity index (χ0v) is 12.1. The van der Waals surface area contributed by atoms with Crippen LogP contribution >= 0.6 is 24.0 Å². The number of ether oxygens (including phenoxy) is 2. The first-order valence-electron chi connectivity index (χ1n) is 5.21. The monoisotopic (exact) mass is 285 g/mol. The number of esters is 1. The number of rotatable bonds is 4. The number of carbonyl (C=O) groups excluding carboxylic acids is 1. The topological polar surface area (TPSA) is 38.8 Å². The molecule has 4 nitrogen and oxygen atoms in total. The molecule has 0 saturated heterocycles. The molecule has 0 radical (unpaired) electrons. The van der Waals surface area contributed by atoms with Gasteiger partial charge in [0, 0.05) is 19.8 Å². The van der Waals surface area contributed by atoms with E-state index in [0.717, 1.165) is 17.4 Å². The molecule has 1 rings (SSSR count). The molecule has 1 aromatic carbocycles. The smallest absolute Gasteiger partial charge is 0.316 e. The van der Waals surface area contributed by atoms with E-state index in [1.807, 2.05) is 43.3 Å². The Labute approximate surface area is 116 Å². The van der Waals surface area contributed by atoms with Gasteiger partial charge in [0.15, 0.2) is 0 Å². The Morgan fingerprint density at radius 2 is 1.94 bits per heavy atom. The van der Waals surface area contributed by atoms with E-state index in [2.05, 4.69) is 4.74 Å². The molecule has 0 aliphatic heterocycles. The molecule has 0 amide bonds. The van der Waals surface area contributed by atoms with Gasteiger partial charge in [-0.05, 0) is 36.5 Å². The van der Waals surface area contributed by atoms with Crippen molar-refractivity contribution in [1.29, 1.82) is 0 Å². The Morgan fingerprint density at radius 3 is 2.44 bits per heavy atom. The zero-order valence-electron chi connectivity index (χ0n) is 10.5. The lowest BCUT2D eigenvalue weighted by Crippen LogP contribution is -2.09. The van der Waals surface area contributed by atoms with Crippen LogP contribution in [0.3, 0.4) is 0 Å². The Kier molecular flexibility index (Phi) is 5.94. The number of carbonyl (C=O) groups is 1. The second-order valence-corrected chi connectivity index (χ2v) is 5.18. The number of hydrogen-bond donors (Lipinski definition) is 0. The fourth-order valence-corrected chi connectivity index (χ4v) is 1.90. The maximum absolute atomic E-state index is 10.9. The van der Waals surface area contributed by atoms with Crippen molar-refractivity contribution in [2.24, 2.45) is 0 Å². The van der Waals surface area contributed by atoms with Crippen molar-refractivity contribution in [2.45, 2.75) is 0 Å². The quantitative estimate of drug-likeness (QED) is 0.624. The molecule has 6 heteroatoms. The van der Waals surface area contributed by atoms with Crippen LogP contribution in [0.5, 0.6) is 5.75 Å². The van der Waals surface area contributed by atoms with E-state index in [9.17, 15) is 4.79 Å². The molecule has 0 aromatic heterocycles. The van der Waals surface area contributed by atoms with Crippen molar-refractivity contribution in [3.05, 3.63) is 24.3 Å². The summed E-state index contributed by atoms with van der Waals surface area (Å²) in [5.41, 5.74) is 1.08. The van der Waals surface area contributed by atoms with Gasteiger partial charge in [-0.3, -0.25) is 4.79 Å². The van der Waals surface area contributed by atoms with Gasteiger partial charge in [0.25, 0.3) is 0 Å². The molecule has 0 N–H and O–H groups in total. The maximum Gasteiger partial charge on any atom is 0.316 e.